The van der Waals surface area contributed by atoms with E-state index in [1.807, 2.05) is 0 Å². The van der Waals surface area contributed by atoms with Crippen LogP contribution in [0, 0.1) is 0 Å². The zero-order valence-corrected chi connectivity index (χ0v) is 42.1. The van der Waals surface area contributed by atoms with Crippen molar-refractivity contribution < 1.29 is 20.8 Å². The van der Waals surface area contributed by atoms with Crippen molar-refractivity contribution in [2.24, 2.45) is 0 Å². The van der Waals surface area contributed by atoms with Gasteiger partial charge in [-0.25, -0.2) is 0 Å². The monoisotopic (exact) mass is 881 g/mol. The Bertz CT molecular complexity index is 1960. The van der Waals surface area contributed by atoms with Crippen LogP contribution in [0.5, 0.6) is 0 Å². The number of fused-ring (bicyclic) bond motifs is 2. The van der Waals surface area contributed by atoms with Crippen LogP contribution in [-0.2, 0) is 44.5 Å². The summed E-state index contributed by atoms with van der Waals surface area (Å²) in [6.07, 6.45) is 2.14. The summed E-state index contributed by atoms with van der Waals surface area (Å²) in [5, 5.41) is 5.46. The third-order valence-electron chi connectivity index (χ3n) is 10.1. The number of nitrogens with zero attached hydrogens (tertiary/aromatic N) is 1. The molecule has 7 heteroatoms. The zero-order valence-electron chi connectivity index (χ0n) is 36.1. The molecule has 0 aliphatic carbocycles. The fourth-order valence-corrected chi connectivity index (χ4v) is 15.0. The first-order valence-corrected chi connectivity index (χ1v) is 32.9. The predicted octanol–water partition coefficient (Wildman–Crippen LogP) is 15.6. The van der Waals surface area contributed by atoms with Gasteiger partial charge in [0.25, 0.3) is 0 Å². The van der Waals surface area contributed by atoms with E-state index in [0.29, 0.717) is 0 Å². The van der Waals surface area contributed by atoms with Crippen LogP contribution in [0.4, 0.5) is 0 Å². The second-order valence-electron chi connectivity index (χ2n) is 18.4. The minimum atomic E-state index is -1.22. The van der Waals surface area contributed by atoms with Crippen LogP contribution >= 0.6 is 17.0 Å². The quantitative estimate of drug-likeness (QED) is 0.119. The number of rotatable bonds is 6. The molecule has 0 aliphatic rings. The van der Waals surface area contributed by atoms with Crippen LogP contribution < -0.4 is 0 Å². The fraction of sp³-hybridized carbons (Fsp3) is 0.375. The van der Waals surface area contributed by atoms with Crippen molar-refractivity contribution in [3.8, 4) is 22.3 Å². The summed E-state index contributed by atoms with van der Waals surface area (Å²) < 4.78 is 2.15. The molecule has 0 aliphatic heterocycles. The van der Waals surface area contributed by atoms with Gasteiger partial charge >= 0.3 is 37.9 Å². The molecule has 0 spiro atoms. The van der Waals surface area contributed by atoms with Gasteiger partial charge in [0.15, 0.2) is 7.98 Å². The molecule has 55 heavy (non-hydrogen) atoms. The fourth-order valence-electron chi connectivity index (χ4n) is 6.99. The Labute approximate surface area is 357 Å². The van der Waals surface area contributed by atoms with Crippen molar-refractivity contribution in [3.63, 3.8) is 0 Å². The Morgan fingerprint density at radius 2 is 0.855 bits per heavy atom. The molecule has 1 nitrogen and oxygen atoms in total. The van der Waals surface area contributed by atoms with Gasteiger partial charge in [-0.2, -0.15) is 12.1 Å². The summed E-state index contributed by atoms with van der Waals surface area (Å²) in [6, 6.07) is 40.3. The summed E-state index contributed by atoms with van der Waals surface area (Å²) in [5.41, 5.74) is 11.5. The van der Waals surface area contributed by atoms with E-state index in [9.17, 15) is 0 Å². The third-order valence-corrected chi connectivity index (χ3v) is 17.0. The van der Waals surface area contributed by atoms with Crippen molar-refractivity contribution in [2.75, 3.05) is 0 Å². The van der Waals surface area contributed by atoms with Gasteiger partial charge in [0, 0.05) is 0 Å². The minimum absolute atomic E-state index is 0.195. The standard InChI is InChI=1S/2C21H23.C6H18BNSi2.2ClH.Zr/c2*1-5-15-9-6-7-11-18(15)19-12-8-10-16-13-17(14-20(16)19)21(2,3)4;1-9(2,3)8(7)10(4,5)6;;;/h2*6-14H,5H2,1-4H3;1-6H3;2*1H;/q2*-1;;;;+4/p-2. The van der Waals surface area contributed by atoms with Crippen LogP contribution in [0.25, 0.3) is 43.8 Å². The average Bonchev–Trinajstić information content (AvgIpc) is 3.77. The van der Waals surface area contributed by atoms with Gasteiger partial charge in [-0.15, -0.1) is 69.1 Å². The molecule has 0 atom stereocenters. The summed E-state index contributed by atoms with van der Waals surface area (Å²) in [4.78, 5) is 0. The molecule has 0 fully saturated rings. The molecular formula is C48H64BCl2NSi2Zr. The number of benzene rings is 4. The maximum absolute atomic E-state index is 5.98. The van der Waals surface area contributed by atoms with E-state index in [4.69, 9.17) is 25.0 Å². The first-order chi connectivity index (χ1) is 25.6. The molecule has 0 aromatic heterocycles. The number of hydrogen-bond donors (Lipinski definition) is 0. The van der Waals surface area contributed by atoms with Gasteiger partial charge in [-0.05, 0) is 45.9 Å². The second-order valence-corrected chi connectivity index (χ2v) is 32.2. The molecule has 6 aromatic carbocycles. The average molecular weight is 884 g/mol. The molecule has 0 N–H and O–H groups in total. The van der Waals surface area contributed by atoms with Gasteiger partial charge in [-0.3, -0.25) is 0 Å². The number of halogens is 2. The van der Waals surface area contributed by atoms with E-state index in [-0.39, 0.29) is 10.8 Å². The Morgan fingerprint density at radius 1 is 0.545 bits per heavy atom. The summed E-state index contributed by atoms with van der Waals surface area (Å²) in [6.45, 7) is 31.8. The van der Waals surface area contributed by atoms with E-state index < -0.39 is 37.3 Å². The number of hydrogen-bond acceptors (Lipinski definition) is 1. The predicted molar refractivity (Wildman–Crippen MR) is 252 cm³/mol. The molecule has 0 bridgehead atoms. The molecule has 0 saturated carbocycles. The van der Waals surface area contributed by atoms with Crippen molar-refractivity contribution in [1.29, 1.82) is 0 Å². The van der Waals surface area contributed by atoms with E-state index in [0.717, 1.165) is 12.8 Å². The van der Waals surface area contributed by atoms with Gasteiger partial charge in [0.1, 0.15) is 16.5 Å². The first-order valence-electron chi connectivity index (χ1n) is 19.7. The number of aryl methyl sites for hydroxylation is 2. The van der Waals surface area contributed by atoms with Crippen molar-refractivity contribution in [3.05, 3.63) is 131 Å². The molecule has 0 saturated heterocycles. The maximum atomic E-state index is 5.98. The summed E-state index contributed by atoms with van der Waals surface area (Å²) >= 11 is -0.826. The SMILES string of the molecule is CCc1ccccc1-c1cccc2[cH-]c(C(C)(C)C)cc12.CCc1ccccc1-c1cccc2[cH-]c(C(C)(C)C)cc12.[B]N([Si](C)(C)C)[Si](C)(C)C.[Cl][Zr+2][Cl]. The Morgan fingerprint density at radius 3 is 1.13 bits per heavy atom. The molecule has 6 rings (SSSR count). The van der Waals surface area contributed by atoms with Crippen LogP contribution in [-0.4, -0.2) is 28.6 Å². The van der Waals surface area contributed by atoms with Crippen LogP contribution in [0.1, 0.15) is 77.6 Å². The van der Waals surface area contributed by atoms with Crippen LogP contribution in [0.2, 0.25) is 39.3 Å². The topological polar surface area (TPSA) is 3.24 Å². The van der Waals surface area contributed by atoms with Gasteiger partial charge in [0.05, 0.1) is 0 Å². The van der Waals surface area contributed by atoms with Crippen molar-refractivity contribution in [2.45, 2.75) is 118 Å². The molecule has 0 heterocycles. The third kappa shape index (κ3) is 13.0. The molecule has 0 unspecified atom stereocenters. The van der Waals surface area contributed by atoms with Crippen LogP contribution in [0.3, 0.4) is 0 Å². The second kappa shape index (κ2) is 20.1. The van der Waals surface area contributed by atoms with Crippen molar-refractivity contribution in [1.82, 2.24) is 4.14 Å². The van der Waals surface area contributed by atoms with Crippen LogP contribution in [0.15, 0.2) is 109 Å². The van der Waals surface area contributed by atoms with Gasteiger partial charge < -0.3 is 4.14 Å². The van der Waals surface area contributed by atoms with E-state index in [1.54, 1.807) is 0 Å². The summed E-state index contributed by atoms with van der Waals surface area (Å²) in [5.74, 6) is 0. The van der Waals surface area contributed by atoms with Gasteiger partial charge in [0.2, 0.25) is 0 Å². The molecule has 290 valence electrons. The Balaban J connectivity index is 0.000000227. The first kappa shape index (κ1) is 47.4. The summed E-state index contributed by atoms with van der Waals surface area (Å²) in [7, 11) is 13.4. The van der Waals surface area contributed by atoms with Gasteiger partial charge in [-0.1, -0.05) is 166 Å². The molecule has 0 amide bonds. The Kier molecular flexibility index (Phi) is 17.3. The zero-order chi connectivity index (χ0) is 41.4. The molecule has 2 radical (unpaired) electrons. The molecule has 6 aromatic rings. The van der Waals surface area contributed by atoms with E-state index >= 15 is 0 Å². The van der Waals surface area contributed by atoms with E-state index in [2.05, 4.69) is 208 Å². The van der Waals surface area contributed by atoms with E-state index in [1.165, 1.54) is 66.1 Å². The Hall–Kier alpha value is -1.98. The van der Waals surface area contributed by atoms with Crippen molar-refractivity contribution >= 4 is 63.0 Å². The normalized spacial score (nSPS) is 11.9. The molecular weight excluding hydrogens is 820 g/mol.